The number of ether oxygens (including phenoxy) is 2. The fourth-order valence-electron chi connectivity index (χ4n) is 11.8. The van der Waals surface area contributed by atoms with Crippen LogP contribution in [0.15, 0.2) is 12.2 Å². The molecule has 0 bridgehead atoms. The van der Waals surface area contributed by atoms with Gasteiger partial charge >= 0.3 is 19.8 Å². The Bertz CT molecular complexity index is 1380. The molecule has 0 radical (unpaired) electrons. The van der Waals surface area contributed by atoms with E-state index in [9.17, 15) is 19.0 Å². The fourth-order valence-corrected chi connectivity index (χ4v) is 12.6. The number of carbonyl (C=O) groups is 2. The van der Waals surface area contributed by atoms with Crippen LogP contribution in [-0.4, -0.2) is 49.3 Å². The van der Waals surface area contributed by atoms with Gasteiger partial charge in [-0.2, -0.15) is 0 Å². The lowest BCUT2D eigenvalue weighted by atomic mass is 10.0. The van der Waals surface area contributed by atoms with Crippen molar-refractivity contribution in [2.45, 2.75) is 424 Å². The van der Waals surface area contributed by atoms with E-state index < -0.39 is 26.5 Å². The highest BCUT2D eigenvalue weighted by Gasteiger charge is 2.26. The number of rotatable bonds is 73. The zero-order chi connectivity index (χ0) is 60.9. The SMILES string of the molecule is CCCCCCCCCC/C=C\CCCCCCCCCCCCCCCCCCCCCCCCCCCCCC(=O)OC(COC(=O)CCCCCCCCCCCCCCCCCCCCCCCCCC)COP(=O)(O)OCCN. The number of phosphoric ester groups is 1. The predicted molar refractivity (Wildman–Crippen MR) is 363 cm³/mol. The molecule has 10 heteroatoms. The second kappa shape index (κ2) is 70.8. The first-order chi connectivity index (χ1) is 41.3. The number of carbonyl (C=O) groups excluding carboxylic acids is 2. The molecular weight excluding hydrogens is 1060 g/mol. The van der Waals surface area contributed by atoms with Gasteiger partial charge in [0, 0.05) is 19.4 Å². The molecule has 0 saturated heterocycles. The molecule has 0 fully saturated rings. The van der Waals surface area contributed by atoms with E-state index in [1.165, 1.54) is 353 Å². The monoisotopic (exact) mass is 1210 g/mol. The summed E-state index contributed by atoms with van der Waals surface area (Å²) >= 11 is 0. The van der Waals surface area contributed by atoms with Gasteiger partial charge in [-0.05, 0) is 38.5 Å². The van der Waals surface area contributed by atoms with Gasteiger partial charge in [0.15, 0.2) is 6.10 Å². The Labute approximate surface area is 523 Å². The van der Waals surface area contributed by atoms with E-state index in [1.807, 2.05) is 0 Å². The minimum atomic E-state index is -4.39. The molecule has 0 amide bonds. The van der Waals surface area contributed by atoms with Crippen molar-refractivity contribution in [3.8, 4) is 0 Å². The van der Waals surface area contributed by atoms with Crippen molar-refractivity contribution in [1.82, 2.24) is 0 Å². The van der Waals surface area contributed by atoms with Crippen molar-refractivity contribution in [2.24, 2.45) is 5.73 Å². The molecule has 0 aromatic carbocycles. The van der Waals surface area contributed by atoms with E-state index >= 15 is 0 Å². The van der Waals surface area contributed by atoms with E-state index in [4.69, 9.17) is 24.3 Å². The number of unbranched alkanes of at least 4 members (excludes halogenated alkanes) is 58. The summed E-state index contributed by atoms with van der Waals surface area (Å²) in [5.74, 6) is -0.798. The van der Waals surface area contributed by atoms with Crippen LogP contribution in [0.5, 0.6) is 0 Å². The average Bonchev–Trinajstić information content (AvgIpc) is 3.58. The number of esters is 2. The summed E-state index contributed by atoms with van der Waals surface area (Å²) in [6.07, 6.45) is 86.3. The van der Waals surface area contributed by atoms with Crippen LogP contribution in [0.1, 0.15) is 418 Å². The molecule has 0 aromatic rings. The summed E-state index contributed by atoms with van der Waals surface area (Å²) in [6, 6.07) is 0. The van der Waals surface area contributed by atoms with Crippen LogP contribution in [0.2, 0.25) is 0 Å². The zero-order valence-electron chi connectivity index (χ0n) is 56.4. The van der Waals surface area contributed by atoms with Crippen molar-refractivity contribution >= 4 is 19.8 Å². The first-order valence-corrected chi connectivity index (χ1v) is 39.2. The summed E-state index contributed by atoms with van der Waals surface area (Å²) < 4.78 is 33.2. The minimum absolute atomic E-state index is 0.0582. The summed E-state index contributed by atoms with van der Waals surface area (Å²) in [5, 5.41) is 0. The molecule has 2 atom stereocenters. The Morgan fingerprint density at radius 3 is 0.845 bits per heavy atom. The van der Waals surface area contributed by atoms with E-state index in [0.717, 1.165) is 32.1 Å². The predicted octanol–water partition coefficient (Wildman–Crippen LogP) is 24.7. The van der Waals surface area contributed by atoms with Crippen LogP contribution >= 0.6 is 7.82 Å². The maximum absolute atomic E-state index is 12.8. The van der Waals surface area contributed by atoms with E-state index in [2.05, 4.69) is 26.0 Å². The summed E-state index contributed by atoms with van der Waals surface area (Å²) in [5.41, 5.74) is 5.41. The molecule has 0 aromatic heterocycles. The first kappa shape index (κ1) is 82.8. The summed E-state index contributed by atoms with van der Waals surface area (Å²) in [4.78, 5) is 35.4. The number of allylic oxidation sites excluding steroid dienone is 2. The third-order valence-electron chi connectivity index (χ3n) is 17.4. The third-order valence-corrected chi connectivity index (χ3v) is 18.4. The van der Waals surface area contributed by atoms with E-state index in [0.29, 0.717) is 6.42 Å². The molecule has 0 spiro atoms. The highest BCUT2D eigenvalue weighted by Crippen LogP contribution is 2.43. The quantitative estimate of drug-likeness (QED) is 0.0264. The second-order valence-electron chi connectivity index (χ2n) is 25.9. The van der Waals surface area contributed by atoms with E-state index in [1.54, 1.807) is 0 Å². The molecule has 84 heavy (non-hydrogen) atoms. The van der Waals surface area contributed by atoms with Crippen molar-refractivity contribution < 1.29 is 37.6 Å². The second-order valence-corrected chi connectivity index (χ2v) is 27.3. The van der Waals surface area contributed by atoms with Gasteiger partial charge in [-0.1, -0.05) is 379 Å². The van der Waals surface area contributed by atoms with Crippen molar-refractivity contribution in [1.29, 1.82) is 0 Å². The normalized spacial score (nSPS) is 12.9. The summed E-state index contributed by atoms with van der Waals surface area (Å²) in [6.45, 7) is 3.84. The van der Waals surface area contributed by atoms with Crippen LogP contribution in [0.3, 0.4) is 0 Å². The van der Waals surface area contributed by atoms with Gasteiger partial charge in [0.1, 0.15) is 6.61 Å². The molecular formula is C74H146NO8P. The standard InChI is InChI=1S/C74H146NO8P/c1-3-5-7-9-11-13-15-17-19-21-23-25-27-29-30-31-32-33-34-35-36-37-38-39-40-41-42-43-45-47-49-51-53-55-57-59-61-63-65-67-74(77)83-72(71-82-84(78,79)81-69-68-75)70-80-73(76)66-64-62-60-58-56-54-52-50-48-46-44-28-26-24-22-20-18-16-14-12-10-8-6-4-2/h21,23,72H,3-20,22,24-71,75H2,1-2H3,(H,78,79)/b23-21-. The maximum Gasteiger partial charge on any atom is 0.472 e. The number of nitrogens with two attached hydrogens (primary N) is 1. The van der Waals surface area contributed by atoms with Crippen molar-refractivity contribution in [2.75, 3.05) is 26.4 Å². The molecule has 0 saturated carbocycles. The Morgan fingerprint density at radius 2 is 0.583 bits per heavy atom. The number of hydrogen-bond donors (Lipinski definition) is 2. The van der Waals surface area contributed by atoms with Gasteiger partial charge in [0.05, 0.1) is 13.2 Å². The Kier molecular flexibility index (Phi) is 69.8. The molecule has 3 N–H and O–H groups in total. The molecule has 0 heterocycles. The summed E-state index contributed by atoms with van der Waals surface area (Å²) in [7, 11) is -4.39. The van der Waals surface area contributed by atoms with Gasteiger partial charge in [-0.25, -0.2) is 4.57 Å². The topological polar surface area (TPSA) is 134 Å². The van der Waals surface area contributed by atoms with Crippen molar-refractivity contribution in [3.05, 3.63) is 12.2 Å². The third kappa shape index (κ3) is 69.8. The van der Waals surface area contributed by atoms with Crippen LogP contribution in [0, 0.1) is 0 Å². The first-order valence-electron chi connectivity index (χ1n) is 37.7. The molecule has 0 aliphatic heterocycles. The lowest BCUT2D eigenvalue weighted by Gasteiger charge is -2.19. The van der Waals surface area contributed by atoms with Gasteiger partial charge in [0.25, 0.3) is 0 Å². The number of hydrogen-bond acceptors (Lipinski definition) is 8. The van der Waals surface area contributed by atoms with Gasteiger partial charge in [-0.15, -0.1) is 0 Å². The lowest BCUT2D eigenvalue weighted by Crippen LogP contribution is -2.29. The zero-order valence-corrected chi connectivity index (χ0v) is 57.3. The van der Waals surface area contributed by atoms with Crippen LogP contribution < -0.4 is 5.73 Å². The molecule has 2 unspecified atom stereocenters. The molecule has 0 aliphatic rings. The largest absolute Gasteiger partial charge is 0.472 e. The van der Waals surface area contributed by atoms with Crippen LogP contribution in [0.4, 0.5) is 0 Å². The average molecular weight is 1210 g/mol. The Morgan fingerprint density at radius 1 is 0.345 bits per heavy atom. The van der Waals surface area contributed by atoms with Gasteiger partial charge in [0.2, 0.25) is 0 Å². The van der Waals surface area contributed by atoms with Crippen LogP contribution in [-0.2, 0) is 32.7 Å². The Hall–Kier alpha value is -1.25. The van der Waals surface area contributed by atoms with E-state index in [-0.39, 0.29) is 38.6 Å². The fraction of sp³-hybridized carbons (Fsp3) is 0.946. The smallest absolute Gasteiger partial charge is 0.462 e. The minimum Gasteiger partial charge on any atom is -0.462 e. The highest BCUT2D eigenvalue weighted by atomic mass is 31.2. The lowest BCUT2D eigenvalue weighted by molar-refractivity contribution is -0.161. The molecule has 9 nitrogen and oxygen atoms in total. The number of phosphoric acid groups is 1. The highest BCUT2D eigenvalue weighted by molar-refractivity contribution is 7.47. The maximum atomic E-state index is 12.8. The molecule has 500 valence electrons. The van der Waals surface area contributed by atoms with Gasteiger partial charge in [-0.3, -0.25) is 18.6 Å². The Balaban J connectivity index is 3.73. The molecule has 0 aliphatic carbocycles. The van der Waals surface area contributed by atoms with Crippen molar-refractivity contribution in [3.63, 3.8) is 0 Å². The van der Waals surface area contributed by atoms with Gasteiger partial charge < -0.3 is 20.1 Å². The molecule has 0 rings (SSSR count). The van der Waals surface area contributed by atoms with Crippen LogP contribution in [0.25, 0.3) is 0 Å².